The summed E-state index contributed by atoms with van der Waals surface area (Å²) in [6.07, 6.45) is 64.0. The van der Waals surface area contributed by atoms with Gasteiger partial charge in [-0.3, -0.25) is 14.4 Å². The molecule has 0 aliphatic rings. The van der Waals surface area contributed by atoms with Crippen LogP contribution in [0.3, 0.4) is 0 Å². The van der Waals surface area contributed by atoms with E-state index in [0.29, 0.717) is 19.3 Å². The lowest BCUT2D eigenvalue weighted by Gasteiger charge is -2.18. The lowest BCUT2D eigenvalue weighted by atomic mass is 10.0. The molecule has 1 atom stereocenters. The van der Waals surface area contributed by atoms with E-state index in [4.69, 9.17) is 14.2 Å². The number of carbonyl (C=O) groups excluding carboxylic acids is 3. The molecule has 0 bridgehead atoms. The van der Waals surface area contributed by atoms with Crippen molar-refractivity contribution in [2.24, 2.45) is 0 Å². The van der Waals surface area contributed by atoms with Crippen LogP contribution in [0, 0.1) is 0 Å². The molecule has 0 aromatic heterocycles. The number of esters is 3. The highest BCUT2D eigenvalue weighted by molar-refractivity contribution is 5.71. The van der Waals surface area contributed by atoms with Crippen molar-refractivity contribution in [2.45, 2.75) is 290 Å². The van der Waals surface area contributed by atoms with Crippen LogP contribution in [0.5, 0.6) is 0 Å². The largest absolute Gasteiger partial charge is 0.462 e. The van der Waals surface area contributed by atoms with Crippen molar-refractivity contribution in [1.29, 1.82) is 0 Å². The van der Waals surface area contributed by atoms with Crippen LogP contribution in [-0.4, -0.2) is 37.2 Å². The lowest BCUT2D eigenvalue weighted by Crippen LogP contribution is -2.30. The number of hydrogen-bond donors (Lipinski definition) is 0. The van der Waals surface area contributed by atoms with Crippen LogP contribution in [0.2, 0.25) is 0 Å². The first-order chi connectivity index (χ1) is 31.5. The number of hydrogen-bond acceptors (Lipinski definition) is 6. The molecule has 0 spiro atoms. The van der Waals surface area contributed by atoms with E-state index in [-0.39, 0.29) is 37.5 Å². The van der Waals surface area contributed by atoms with Gasteiger partial charge in [0.15, 0.2) is 6.10 Å². The van der Waals surface area contributed by atoms with Crippen LogP contribution in [0.15, 0.2) is 48.6 Å². The maximum Gasteiger partial charge on any atom is 0.306 e. The van der Waals surface area contributed by atoms with Crippen molar-refractivity contribution in [3.05, 3.63) is 48.6 Å². The van der Waals surface area contributed by atoms with Gasteiger partial charge < -0.3 is 14.2 Å². The average Bonchev–Trinajstić information content (AvgIpc) is 3.29. The van der Waals surface area contributed by atoms with Crippen molar-refractivity contribution < 1.29 is 28.6 Å². The Kier molecular flexibility index (Phi) is 50.8. The van der Waals surface area contributed by atoms with E-state index in [1.54, 1.807) is 0 Å². The molecule has 0 amide bonds. The number of carbonyl (C=O) groups is 3. The molecule has 64 heavy (non-hydrogen) atoms. The molecule has 0 radical (unpaired) electrons. The van der Waals surface area contributed by atoms with Gasteiger partial charge in [0.2, 0.25) is 0 Å². The monoisotopic (exact) mass is 897 g/mol. The summed E-state index contributed by atoms with van der Waals surface area (Å²) >= 11 is 0. The zero-order chi connectivity index (χ0) is 46.5. The Morgan fingerprint density at radius 2 is 0.625 bits per heavy atom. The molecular weight excluding hydrogens is 793 g/mol. The van der Waals surface area contributed by atoms with Crippen molar-refractivity contribution in [3.63, 3.8) is 0 Å². The molecular formula is C58H104O6. The first-order valence-corrected chi connectivity index (χ1v) is 27.6. The highest BCUT2D eigenvalue weighted by Gasteiger charge is 2.19. The molecule has 0 saturated carbocycles. The summed E-state index contributed by atoms with van der Waals surface area (Å²) < 4.78 is 16.8. The predicted octanol–water partition coefficient (Wildman–Crippen LogP) is 18.3. The van der Waals surface area contributed by atoms with E-state index in [9.17, 15) is 14.4 Å². The Hall–Kier alpha value is -2.63. The third-order valence-electron chi connectivity index (χ3n) is 12.1. The zero-order valence-corrected chi connectivity index (χ0v) is 42.6. The van der Waals surface area contributed by atoms with Crippen molar-refractivity contribution >= 4 is 17.9 Å². The van der Waals surface area contributed by atoms with Gasteiger partial charge in [0.1, 0.15) is 13.2 Å². The molecule has 372 valence electrons. The number of allylic oxidation sites excluding steroid dienone is 8. The summed E-state index contributed by atoms with van der Waals surface area (Å²) in [6, 6.07) is 0. The number of ether oxygens (including phenoxy) is 3. The first-order valence-electron chi connectivity index (χ1n) is 27.6. The van der Waals surface area contributed by atoms with Gasteiger partial charge in [0, 0.05) is 19.3 Å². The molecule has 6 heteroatoms. The minimum atomic E-state index is -0.794. The molecule has 0 aromatic rings. The standard InChI is InChI=1S/C58H104O6/c1-4-7-10-13-16-19-22-24-26-28-29-30-32-33-36-39-42-45-48-51-57(60)63-54-55(53-62-56(59)50-47-44-41-38-35-21-18-15-12-9-6-3)64-58(61)52-49-46-43-40-37-34-31-27-25-23-20-17-14-11-8-5-2/h9,12,18,21,27,31,38,41,55H,4-8,10-11,13-17,19-20,22-26,28-30,32-37,39-40,42-54H2,1-3H3/b12-9-,21-18-,31-27-,41-38-. The van der Waals surface area contributed by atoms with E-state index in [2.05, 4.69) is 69.4 Å². The molecule has 0 aliphatic carbocycles. The fourth-order valence-corrected chi connectivity index (χ4v) is 7.93. The van der Waals surface area contributed by atoms with Crippen molar-refractivity contribution in [1.82, 2.24) is 0 Å². The summed E-state index contributed by atoms with van der Waals surface area (Å²) in [7, 11) is 0. The summed E-state index contributed by atoms with van der Waals surface area (Å²) in [5.41, 5.74) is 0. The molecule has 1 unspecified atom stereocenters. The van der Waals surface area contributed by atoms with Crippen molar-refractivity contribution in [3.8, 4) is 0 Å². The molecule has 0 saturated heterocycles. The highest BCUT2D eigenvalue weighted by atomic mass is 16.6. The van der Waals surface area contributed by atoms with Crippen LogP contribution >= 0.6 is 0 Å². The molecule has 0 aromatic carbocycles. The topological polar surface area (TPSA) is 78.9 Å². The molecule has 0 aliphatic heterocycles. The molecule has 0 heterocycles. The second-order valence-corrected chi connectivity index (χ2v) is 18.5. The fraction of sp³-hybridized carbons (Fsp3) is 0.810. The normalized spacial score (nSPS) is 12.4. The molecule has 0 N–H and O–H groups in total. The Morgan fingerprint density at radius 3 is 1.03 bits per heavy atom. The van der Waals surface area contributed by atoms with E-state index < -0.39 is 6.10 Å². The number of unbranched alkanes of at least 4 members (excludes halogenated alkanes) is 31. The molecule has 6 nitrogen and oxygen atoms in total. The summed E-state index contributed by atoms with van der Waals surface area (Å²) in [4.78, 5) is 38.0. The van der Waals surface area contributed by atoms with Gasteiger partial charge in [-0.2, -0.15) is 0 Å². The predicted molar refractivity (Wildman–Crippen MR) is 275 cm³/mol. The van der Waals surface area contributed by atoms with Gasteiger partial charge in [-0.25, -0.2) is 0 Å². The summed E-state index contributed by atoms with van der Waals surface area (Å²) in [5, 5.41) is 0. The van der Waals surface area contributed by atoms with E-state index in [1.807, 2.05) is 0 Å². The average molecular weight is 897 g/mol. The smallest absolute Gasteiger partial charge is 0.306 e. The zero-order valence-electron chi connectivity index (χ0n) is 42.6. The van der Waals surface area contributed by atoms with E-state index in [0.717, 1.165) is 77.0 Å². The van der Waals surface area contributed by atoms with Gasteiger partial charge in [-0.1, -0.05) is 243 Å². The lowest BCUT2D eigenvalue weighted by molar-refractivity contribution is -0.167. The third-order valence-corrected chi connectivity index (χ3v) is 12.1. The van der Waals surface area contributed by atoms with Crippen LogP contribution in [0.1, 0.15) is 284 Å². The maximum atomic E-state index is 12.8. The summed E-state index contributed by atoms with van der Waals surface area (Å²) in [6.45, 7) is 6.49. The highest BCUT2D eigenvalue weighted by Crippen LogP contribution is 2.16. The quantitative estimate of drug-likeness (QED) is 0.0262. The molecule has 0 fully saturated rings. The Balaban J connectivity index is 4.34. The SMILES string of the molecule is CC/C=C\C/C=C\C/C=C\CCCC(=O)OCC(COC(=O)CCCCCCCCCCCCCCCCCCCCC)OC(=O)CCCCCCC/C=C\CCCCCCCCC. The summed E-state index contributed by atoms with van der Waals surface area (Å²) in [5.74, 6) is -0.944. The van der Waals surface area contributed by atoms with Gasteiger partial charge >= 0.3 is 17.9 Å². The van der Waals surface area contributed by atoms with Gasteiger partial charge in [0.05, 0.1) is 0 Å². The number of rotatable bonds is 50. The Morgan fingerprint density at radius 1 is 0.328 bits per heavy atom. The minimum absolute atomic E-state index is 0.0893. The van der Waals surface area contributed by atoms with Crippen LogP contribution in [0.25, 0.3) is 0 Å². The minimum Gasteiger partial charge on any atom is -0.462 e. The van der Waals surface area contributed by atoms with Gasteiger partial charge in [-0.05, 0) is 70.6 Å². The second-order valence-electron chi connectivity index (χ2n) is 18.5. The van der Waals surface area contributed by atoms with E-state index in [1.165, 1.54) is 161 Å². The van der Waals surface area contributed by atoms with E-state index >= 15 is 0 Å². The van der Waals surface area contributed by atoms with Gasteiger partial charge in [-0.15, -0.1) is 0 Å². The Bertz CT molecular complexity index is 1120. The van der Waals surface area contributed by atoms with Crippen LogP contribution < -0.4 is 0 Å². The van der Waals surface area contributed by atoms with Crippen LogP contribution in [-0.2, 0) is 28.6 Å². The van der Waals surface area contributed by atoms with Crippen molar-refractivity contribution in [2.75, 3.05) is 13.2 Å². The third kappa shape index (κ3) is 50.4. The Labute approximate surface area is 397 Å². The van der Waals surface area contributed by atoms with Gasteiger partial charge in [0.25, 0.3) is 0 Å². The maximum absolute atomic E-state index is 12.8. The van der Waals surface area contributed by atoms with Crippen LogP contribution in [0.4, 0.5) is 0 Å². The molecule has 0 rings (SSSR count). The fourth-order valence-electron chi connectivity index (χ4n) is 7.93. The second kappa shape index (κ2) is 53.0. The first kappa shape index (κ1) is 61.4.